The Balaban J connectivity index is 1.97. The van der Waals surface area contributed by atoms with E-state index < -0.39 is 5.54 Å². The van der Waals surface area contributed by atoms with Gasteiger partial charge in [0.2, 0.25) is 0 Å². The molecule has 20 heavy (non-hydrogen) atoms. The molecule has 1 saturated heterocycles. The highest BCUT2D eigenvalue weighted by Gasteiger charge is 2.45. The summed E-state index contributed by atoms with van der Waals surface area (Å²) in [7, 11) is 1.63. The predicted molar refractivity (Wildman–Crippen MR) is 77.5 cm³/mol. The summed E-state index contributed by atoms with van der Waals surface area (Å²) in [5.41, 5.74) is 2.58. The minimum atomic E-state index is -0.422. The van der Waals surface area contributed by atoms with E-state index in [4.69, 9.17) is 4.74 Å². The summed E-state index contributed by atoms with van der Waals surface area (Å²) in [6.45, 7) is 0.920. The smallest absolute Gasteiger partial charge is 0.187 e. The summed E-state index contributed by atoms with van der Waals surface area (Å²) < 4.78 is 5.44. The summed E-state index contributed by atoms with van der Waals surface area (Å²) in [6.07, 6.45) is 5.99. The van der Waals surface area contributed by atoms with E-state index in [9.17, 15) is 4.79 Å². The number of aromatic amines is 1. The number of ketones is 1. The minimum Gasteiger partial charge on any atom is -0.496 e. The van der Waals surface area contributed by atoms with Gasteiger partial charge in [0.1, 0.15) is 5.75 Å². The molecule has 1 aromatic heterocycles. The molecule has 1 aromatic carbocycles. The first kappa shape index (κ1) is 12.0. The molecule has 104 valence electrons. The van der Waals surface area contributed by atoms with Gasteiger partial charge < -0.3 is 15.0 Å². The van der Waals surface area contributed by atoms with Crippen molar-refractivity contribution in [3.8, 4) is 5.75 Å². The van der Waals surface area contributed by atoms with Gasteiger partial charge in [-0.2, -0.15) is 0 Å². The Bertz CT molecular complexity index is 696. The molecule has 0 amide bonds. The van der Waals surface area contributed by atoms with Crippen LogP contribution in [0.25, 0.3) is 10.9 Å². The fourth-order valence-electron chi connectivity index (χ4n) is 3.77. The maximum atomic E-state index is 13.1. The zero-order valence-electron chi connectivity index (χ0n) is 11.6. The Morgan fingerprint density at radius 2 is 2.20 bits per heavy atom. The van der Waals surface area contributed by atoms with Crippen molar-refractivity contribution in [2.75, 3.05) is 13.7 Å². The number of benzene rings is 1. The average molecular weight is 270 g/mol. The van der Waals surface area contributed by atoms with Gasteiger partial charge in [-0.05, 0) is 43.5 Å². The van der Waals surface area contributed by atoms with Gasteiger partial charge in [0.05, 0.1) is 18.2 Å². The average Bonchev–Trinajstić information content (AvgIpc) is 2.89. The molecule has 1 aliphatic heterocycles. The fourth-order valence-corrected chi connectivity index (χ4v) is 3.77. The highest BCUT2D eigenvalue weighted by Crippen LogP contribution is 2.41. The largest absolute Gasteiger partial charge is 0.496 e. The third kappa shape index (κ3) is 1.43. The van der Waals surface area contributed by atoms with E-state index in [-0.39, 0.29) is 5.78 Å². The Morgan fingerprint density at radius 1 is 1.30 bits per heavy atom. The monoisotopic (exact) mass is 270 g/mol. The van der Waals surface area contributed by atoms with Gasteiger partial charge in [-0.25, -0.2) is 0 Å². The van der Waals surface area contributed by atoms with Crippen molar-refractivity contribution in [1.82, 2.24) is 10.3 Å². The second kappa shape index (κ2) is 4.09. The van der Waals surface area contributed by atoms with Crippen molar-refractivity contribution < 1.29 is 9.53 Å². The molecule has 0 bridgehead atoms. The number of aromatic nitrogens is 1. The van der Waals surface area contributed by atoms with Crippen LogP contribution in [0.15, 0.2) is 18.3 Å². The van der Waals surface area contributed by atoms with Crippen LogP contribution in [0.4, 0.5) is 0 Å². The summed E-state index contributed by atoms with van der Waals surface area (Å²) >= 11 is 0. The molecule has 4 nitrogen and oxygen atoms in total. The van der Waals surface area contributed by atoms with Crippen molar-refractivity contribution >= 4 is 16.7 Å². The van der Waals surface area contributed by atoms with E-state index in [1.807, 2.05) is 18.3 Å². The Kier molecular flexibility index (Phi) is 2.45. The van der Waals surface area contributed by atoms with Crippen LogP contribution in [0.1, 0.15) is 35.2 Å². The molecule has 4 heteroatoms. The maximum Gasteiger partial charge on any atom is 0.187 e. The lowest BCUT2D eigenvalue weighted by Gasteiger charge is -2.39. The highest BCUT2D eigenvalue weighted by molar-refractivity contribution is 6.17. The molecular formula is C16H18N2O2. The van der Waals surface area contributed by atoms with Gasteiger partial charge >= 0.3 is 0 Å². The predicted octanol–water partition coefficient (Wildman–Crippen LogP) is 2.43. The van der Waals surface area contributed by atoms with Crippen LogP contribution >= 0.6 is 0 Å². The quantitative estimate of drug-likeness (QED) is 0.836. The summed E-state index contributed by atoms with van der Waals surface area (Å²) in [5, 5.41) is 4.54. The van der Waals surface area contributed by atoms with Crippen molar-refractivity contribution in [1.29, 1.82) is 0 Å². The molecule has 2 aromatic rings. The van der Waals surface area contributed by atoms with Crippen molar-refractivity contribution in [3.63, 3.8) is 0 Å². The topological polar surface area (TPSA) is 54.1 Å². The number of hydrogen-bond acceptors (Lipinski definition) is 3. The lowest BCUT2D eigenvalue weighted by molar-refractivity contribution is 0.0804. The van der Waals surface area contributed by atoms with Crippen LogP contribution in [0, 0.1) is 0 Å². The zero-order chi connectivity index (χ0) is 13.7. The molecule has 1 atom stereocenters. The number of methoxy groups -OCH3 is 1. The minimum absolute atomic E-state index is 0.201. The van der Waals surface area contributed by atoms with Gasteiger partial charge in [-0.3, -0.25) is 4.79 Å². The SMILES string of the molecule is COc1ccc2[nH]cc3c2c1C(=O)C1(CCCCN1)C3. The Morgan fingerprint density at radius 3 is 2.95 bits per heavy atom. The molecule has 1 fully saturated rings. The molecule has 4 rings (SSSR count). The number of hydrogen-bond donors (Lipinski definition) is 2. The molecule has 2 heterocycles. The van der Waals surface area contributed by atoms with Gasteiger partial charge in [-0.15, -0.1) is 0 Å². The first-order valence-corrected chi connectivity index (χ1v) is 7.22. The lowest BCUT2D eigenvalue weighted by atomic mass is 9.73. The third-order valence-corrected chi connectivity index (χ3v) is 4.76. The van der Waals surface area contributed by atoms with Crippen LogP contribution < -0.4 is 10.1 Å². The fraction of sp³-hybridized carbons (Fsp3) is 0.438. The Labute approximate surface area is 117 Å². The molecule has 2 aliphatic rings. The molecule has 0 saturated carbocycles. The van der Waals surface area contributed by atoms with Crippen molar-refractivity contribution in [2.45, 2.75) is 31.2 Å². The maximum absolute atomic E-state index is 13.1. The highest BCUT2D eigenvalue weighted by atomic mass is 16.5. The molecule has 1 spiro atoms. The van der Waals surface area contributed by atoms with Crippen LogP contribution in [-0.4, -0.2) is 30.0 Å². The third-order valence-electron chi connectivity index (χ3n) is 4.76. The molecule has 1 unspecified atom stereocenters. The van der Waals surface area contributed by atoms with E-state index in [0.29, 0.717) is 5.75 Å². The van der Waals surface area contributed by atoms with Crippen LogP contribution in [0.3, 0.4) is 0 Å². The van der Waals surface area contributed by atoms with Crippen molar-refractivity contribution in [2.24, 2.45) is 0 Å². The van der Waals surface area contributed by atoms with E-state index in [2.05, 4.69) is 10.3 Å². The van der Waals surface area contributed by atoms with Gasteiger partial charge in [-0.1, -0.05) is 0 Å². The van der Waals surface area contributed by atoms with Gasteiger partial charge in [0.15, 0.2) is 5.78 Å². The molecule has 0 radical (unpaired) electrons. The molecule has 2 N–H and O–H groups in total. The normalized spacial score (nSPS) is 25.4. The van der Waals surface area contributed by atoms with E-state index in [1.165, 1.54) is 5.56 Å². The second-order valence-electron chi connectivity index (χ2n) is 5.85. The first-order valence-electron chi connectivity index (χ1n) is 7.22. The van der Waals surface area contributed by atoms with Crippen LogP contribution in [0.5, 0.6) is 5.75 Å². The number of Topliss-reactive ketones (excluding diaryl/α,β-unsaturated/α-hetero) is 1. The zero-order valence-corrected chi connectivity index (χ0v) is 11.6. The first-order chi connectivity index (χ1) is 9.75. The second-order valence-corrected chi connectivity index (χ2v) is 5.85. The lowest BCUT2D eigenvalue weighted by Crippen LogP contribution is -2.57. The van der Waals surface area contributed by atoms with Crippen LogP contribution in [0.2, 0.25) is 0 Å². The number of rotatable bonds is 1. The summed E-state index contributed by atoms with van der Waals surface area (Å²) in [6, 6.07) is 3.87. The van der Waals surface area contributed by atoms with Gasteiger partial charge in [0.25, 0.3) is 0 Å². The molecule has 1 aliphatic carbocycles. The standard InChI is InChI=1S/C16H18N2O2/c1-20-12-5-4-11-13-10(9-17-11)8-16(15(19)14(12)13)6-2-3-7-18-16/h4-5,9,17-18H,2-3,6-8H2,1H3. The molecular weight excluding hydrogens is 252 g/mol. The number of carbonyl (C=O) groups excluding carboxylic acids is 1. The van der Waals surface area contributed by atoms with Gasteiger partial charge in [0, 0.05) is 23.5 Å². The number of piperidine rings is 1. The van der Waals surface area contributed by atoms with Crippen LogP contribution in [-0.2, 0) is 6.42 Å². The van der Waals surface area contributed by atoms with E-state index >= 15 is 0 Å². The number of H-pyrrole nitrogens is 1. The summed E-state index contributed by atoms with van der Waals surface area (Å²) in [5.74, 6) is 0.890. The number of carbonyl (C=O) groups is 1. The number of ether oxygens (including phenoxy) is 1. The van der Waals surface area contributed by atoms with Crippen molar-refractivity contribution in [3.05, 3.63) is 29.5 Å². The Hall–Kier alpha value is -1.81. The number of nitrogens with one attached hydrogen (secondary N) is 2. The summed E-state index contributed by atoms with van der Waals surface area (Å²) in [4.78, 5) is 16.4. The van der Waals surface area contributed by atoms with E-state index in [1.54, 1.807) is 7.11 Å². The van der Waals surface area contributed by atoms with E-state index in [0.717, 1.165) is 48.7 Å².